The van der Waals surface area contributed by atoms with Crippen molar-refractivity contribution in [3.05, 3.63) is 58.9 Å². The van der Waals surface area contributed by atoms with Crippen molar-refractivity contribution in [1.29, 1.82) is 0 Å². The summed E-state index contributed by atoms with van der Waals surface area (Å²) in [7, 11) is 1.97. The van der Waals surface area contributed by atoms with E-state index in [1.54, 1.807) is 0 Å². The van der Waals surface area contributed by atoms with Gasteiger partial charge in [-0.15, -0.1) is 0 Å². The van der Waals surface area contributed by atoms with E-state index in [1.807, 2.05) is 67.9 Å². The van der Waals surface area contributed by atoms with Crippen LogP contribution < -0.4 is 10.6 Å². The summed E-state index contributed by atoms with van der Waals surface area (Å²) in [5.41, 5.74) is 3.51. The lowest BCUT2D eigenvalue weighted by molar-refractivity contribution is 0.0943. The summed E-state index contributed by atoms with van der Waals surface area (Å²) in [6.45, 7) is 4.47. The number of imidazole rings is 1. The molecule has 0 aliphatic carbocycles. The van der Waals surface area contributed by atoms with Crippen molar-refractivity contribution in [2.75, 3.05) is 5.32 Å². The van der Waals surface area contributed by atoms with Crippen LogP contribution in [0.2, 0.25) is 5.02 Å². The Labute approximate surface area is 152 Å². The van der Waals surface area contributed by atoms with Gasteiger partial charge in [0, 0.05) is 29.4 Å². The average molecular weight is 357 g/mol. The molecule has 0 saturated carbocycles. The number of benzene rings is 2. The van der Waals surface area contributed by atoms with Gasteiger partial charge in [-0.1, -0.05) is 11.6 Å². The van der Waals surface area contributed by atoms with Gasteiger partial charge in [0.1, 0.15) is 5.82 Å². The molecular formula is C19H21ClN4O. The Balaban J connectivity index is 1.69. The predicted octanol–water partition coefficient (Wildman–Crippen LogP) is 3.98. The largest absolute Gasteiger partial charge is 0.378 e. The highest BCUT2D eigenvalue weighted by Crippen LogP contribution is 2.20. The molecule has 1 amide bonds. The van der Waals surface area contributed by atoms with E-state index in [4.69, 9.17) is 11.6 Å². The van der Waals surface area contributed by atoms with Crippen molar-refractivity contribution < 1.29 is 4.79 Å². The molecule has 0 bridgehead atoms. The molecule has 3 rings (SSSR count). The molecule has 2 N–H and O–H groups in total. The number of hydrogen-bond donors (Lipinski definition) is 2. The maximum atomic E-state index is 12.0. The van der Waals surface area contributed by atoms with E-state index in [2.05, 4.69) is 15.6 Å². The van der Waals surface area contributed by atoms with Crippen LogP contribution in [0.4, 0.5) is 5.69 Å². The second kappa shape index (κ2) is 7.15. The Morgan fingerprint density at radius 3 is 2.60 bits per heavy atom. The van der Waals surface area contributed by atoms with Gasteiger partial charge in [0.15, 0.2) is 0 Å². The lowest BCUT2D eigenvalue weighted by Crippen LogP contribution is -2.29. The number of anilines is 1. The molecule has 6 heteroatoms. The second-order valence-electron chi connectivity index (χ2n) is 6.28. The average Bonchev–Trinajstić information content (AvgIpc) is 2.89. The molecule has 0 aliphatic heterocycles. The number of nitrogens with one attached hydrogen (secondary N) is 2. The first kappa shape index (κ1) is 17.3. The van der Waals surface area contributed by atoms with E-state index >= 15 is 0 Å². The normalized spacial score (nSPS) is 11.1. The molecule has 0 saturated heterocycles. The molecule has 0 radical (unpaired) electrons. The lowest BCUT2D eigenvalue weighted by Gasteiger charge is -2.10. The number of aromatic nitrogens is 2. The smallest absolute Gasteiger partial charge is 0.251 e. The van der Waals surface area contributed by atoms with Crippen LogP contribution in [-0.2, 0) is 13.6 Å². The summed E-state index contributed by atoms with van der Waals surface area (Å²) in [6, 6.07) is 13.2. The van der Waals surface area contributed by atoms with Crippen LogP contribution in [0.3, 0.4) is 0 Å². The summed E-state index contributed by atoms with van der Waals surface area (Å²) >= 11 is 6.06. The minimum absolute atomic E-state index is 0.0613. The molecule has 130 valence electrons. The summed E-state index contributed by atoms with van der Waals surface area (Å²) in [5, 5.41) is 6.92. The molecule has 2 aromatic carbocycles. The fraction of sp³-hybridized carbons (Fsp3) is 0.263. The van der Waals surface area contributed by atoms with Gasteiger partial charge < -0.3 is 15.2 Å². The van der Waals surface area contributed by atoms with Crippen LogP contribution in [0.25, 0.3) is 11.0 Å². The van der Waals surface area contributed by atoms with Gasteiger partial charge in [0.05, 0.1) is 17.6 Å². The maximum absolute atomic E-state index is 12.0. The van der Waals surface area contributed by atoms with Crippen LogP contribution in [-0.4, -0.2) is 21.5 Å². The third kappa shape index (κ3) is 3.94. The van der Waals surface area contributed by atoms with E-state index in [1.165, 1.54) is 0 Å². The zero-order valence-corrected chi connectivity index (χ0v) is 15.3. The number of nitrogens with zero attached hydrogens (tertiary/aromatic N) is 2. The minimum Gasteiger partial charge on any atom is -0.378 e. The van der Waals surface area contributed by atoms with Gasteiger partial charge in [-0.25, -0.2) is 4.98 Å². The highest BCUT2D eigenvalue weighted by Gasteiger charge is 2.09. The van der Waals surface area contributed by atoms with Crippen LogP contribution in [0.15, 0.2) is 42.5 Å². The zero-order chi connectivity index (χ0) is 18.0. The van der Waals surface area contributed by atoms with Crippen molar-refractivity contribution in [1.82, 2.24) is 14.9 Å². The second-order valence-corrected chi connectivity index (χ2v) is 6.72. The molecule has 0 atom stereocenters. The number of carbonyl (C=O) groups is 1. The monoisotopic (exact) mass is 356 g/mol. The van der Waals surface area contributed by atoms with Gasteiger partial charge in [-0.2, -0.15) is 0 Å². The van der Waals surface area contributed by atoms with Crippen LogP contribution in [0, 0.1) is 0 Å². The number of fused-ring (bicyclic) bond motifs is 1. The van der Waals surface area contributed by atoms with Crippen LogP contribution in [0.1, 0.15) is 30.0 Å². The Morgan fingerprint density at radius 1 is 1.20 bits per heavy atom. The Morgan fingerprint density at radius 2 is 1.92 bits per heavy atom. The van der Waals surface area contributed by atoms with Crippen LogP contribution in [0.5, 0.6) is 0 Å². The highest BCUT2D eigenvalue weighted by atomic mass is 35.5. The third-order valence-corrected chi connectivity index (χ3v) is 4.19. The van der Waals surface area contributed by atoms with E-state index in [9.17, 15) is 4.79 Å². The maximum Gasteiger partial charge on any atom is 0.251 e. The van der Waals surface area contributed by atoms with Crippen molar-refractivity contribution in [3.8, 4) is 0 Å². The Bertz CT molecular complexity index is 900. The molecule has 0 fully saturated rings. The molecule has 25 heavy (non-hydrogen) atoms. The van der Waals surface area contributed by atoms with E-state index in [-0.39, 0.29) is 11.9 Å². The SMILES string of the molecule is CC(C)NC(=O)c1ccc(NCc2nc3ccc(Cl)cc3n2C)cc1. The number of aryl methyl sites for hydroxylation is 1. The molecule has 0 spiro atoms. The summed E-state index contributed by atoms with van der Waals surface area (Å²) in [6.07, 6.45) is 0. The predicted molar refractivity (Wildman–Crippen MR) is 102 cm³/mol. The van der Waals surface area contributed by atoms with Gasteiger partial charge in [-0.3, -0.25) is 4.79 Å². The molecular weight excluding hydrogens is 336 g/mol. The van der Waals surface area contributed by atoms with E-state index in [0.29, 0.717) is 17.1 Å². The first-order valence-electron chi connectivity index (χ1n) is 8.19. The van der Waals surface area contributed by atoms with Gasteiger partial charge in [-0.05, 0) is 56.3 Å². The molecule has 1 heterocycles. The van der Waals surface area contributed by atoms with Crippen molar-refractivity contribution in [3.63, 3.8) is 0 Å². The molecule has 0 aliphatic rings. The van der Waals surface area contributed by atoms with Gasteiger partial charge in [0.2, 0.25) is 0 Å². The summed E-state index contributed by atoms with van der Waals surface area (Å²) in [5.74, 6) is 0.854. The van der Waals surface area contributed by atoms with Gasteiger partial charge >= 0.3 is 0 Å². The van der Waals surface area contributed by atoms with Crippen molar-refractivity contribution in [2.24, 2.45) is 7.05 Å². The number of carbonyl (C=O) groups excluding carboxylic acids is 1. The van der Waals surface area contributed by atoms with Gasteiger partial charge in [0.25, 0.3) is 5.91 Å². The Hall–Kier alpha value is -2.53. The summed E-state index contributed by atoms with van der Waals surface area (Å²) < 4.78 is 2.03. The fourth-order valence-electron chi connectivity index (χ4n) is 2.64. The first-order valence-corrected chi connectivity index (χ1v) is 8.57. The summed E-state index contributed by atoms with van der Waals surface area (Å²) in [4.78, 5) is 16.6. The standard InChI is InChI=1S/C19H21ClN4O/c1-12(2)22-19(25)13-4-7-15(8-5-13)21-11-18-23-16-9-6-14(20)10-17(16)24(18)3/h4-10,12,21H,11H2,1-3H3,(H,22,25). The third-order valence-electron chi connectivity index (χ3n) is 3.95. The molecule has 1 aromatic heterocycles. The number of hydrogen-bond acceptors (Lipinski definition) is 3. The number of rotatable bonds is 5. The van der Waals surface area contributed by atoms with Crippen LogP contribution >= 0.6 is 11.6 Å². The van der Waals surface area contributed by atoms with E-state index < -0.39 is 0 Å². The zero-order valence-electron chi connectivity index (χ0n) is 14.5. The fourth-order valence-corrected chi connectivity index (χ4v) is 2.80. The van der Waals surface area contributed by atoms with Crippen molar-refractivity contribution in [2.45, 2.75) is 26.4 Å². The molecule has 5 nitrogen and oxygen atoms in total. The topological polar surface area (TPSA) is 59.0 Å². The molecule has 0 unspecified atom stereocenters. The Kier molecular flexibility index (Phi) is 4.95. The lowest BCUT2D eigenvalue weighted by atomic mass is 10.2. The highest BCUT2D eigenvalue weighted by molar-refractivity contribution is 6.31. The van der Waals surface area contributed by atoms with E-state index in [0.717, 1.165) is 22.5 Å². The quantitative estimate of drug-likeness (QED) is 0.727. The van der Waals surface area contributed by atoms with Crippen molar-refractivity contribution >= 4 is 34.2 Å². The first-order chi connectivity index (χ1) is 11.9. The molecule has 3 aromatic rings. The number of halogens is 1. The number of amides is 1. The minimum atomic E-state index is -0.0613.